The number of benzene rings is 1. The Hall–Kier alpha value is -2.56. The van der Waals surface area contributed by atoms with Crippen LogP contribution in [-0.2, 0) is 9.53 Å². The van der Waals surface area contributed by atoms with Crippen molar-refractivity contribution in [1.82, 2.24) is 9.88 Å². The van der Waals surface area contributed by atoms with Crippen molar-refractivity contribution in [2.75, 3.05) is 26.3 Å². The van der Waals surface area contributed by atoms with Crippen molar-refractivity contribution in [3.8, 4) is 16.5 Å². The Morgan fingerprint density at radius 2 is 1.91 bits per heavy atom. The normalized spacial score (nSPS) is 21.2. The molecule has 1 amide bonds. The van der Waals surface area contributed by atoms with E-state index in [9.17, 15) is 9.59 Å². The van der Waals surface area contributed by atoms with Crippen molar-refractivity contribution >= 4 is 23.0 Å². The Morgan fingerprint density at radius 1 is 1.19 bits per heavy atom. The van der Waals surface area contributed by atoms with Gasteiger partial charge in [-0.05, 0) is 37.5 Å². The number of nitriles is 1. The van der Waals surface area contributed by atoms with Gasteiger partial charge in [-0.3, -0.25) is 9.59 Å². The maximum Gasteiger partial charge on any atom is 0.254 e. The van der Waals surface area contributed by atoms with Crippen LogP contribution >= 0.6 is 11.3 Å². The van der Waals surface area contributed by atoms with Crippen LogP contribution in [0.15, 0.2) is 24.3 Å². The molecule has 6 nitrogen and oxygen atoms in total. The molecule has 1 saturated carbocycles. The fraction of sp³-hybridized carbons (Fsp3) is 0.520. The van der Waals surface area contributed by atoms with Crippen molar-refractivity contribution < 1.29 is 14.3 Å². The molecule has 0 radical (unpaired) electrons. The first kappa shape index (κ1) is 22.6. The second kappa shape index (κ2) is 10.4. The van der Waals surface area contributed by atoms with Gasteiger partial charge in [-0.1, -0.05) is 25.0 Å². The minimum Gasteiger partial charge on any atom is -0.378 e. The molecular formula is C25H29N3O3S. The van der Waals surface area contributed by atoms with Crippen molar-refractivity contribution in [3.63, 3.8) is 0 Å². The molecule has 2 aromatic rings. The van der Waals surface area contributed by atoms with E-state index >= 15 is 0 Å². The van der Waals surface area contributed by atoms with Gasteiger partial charge in [-0.2, -0.15) is 5.26 Å². The maximum absolute atomic E-state index is 12.8. The van der Waals surface area contributed by atoms with Gasteiger partial charge in [0.2, 0.25) is 0 Å². The summed E-state index contributed by atoms with van der Waals surface area (Å²) in [6.07, 6.45) is 4.58. The Balaban J connectivity index is 1.58. The van der Waals surface area contributed by atoms with Gasteiger partial charge in [0.15, 0.2) is 0 Å². The van der Waals surface area contributed by atoms with Crippen LogP contribution in [0.3, 0.4) is 0 Å². The summed E-state index contributed by atoms with van der Waals surface area (Å²) in [5, 5.41) is 9.87. The number of ketones is 1. The fourth-order valence-electron chi connectivity index (χ4n) is 4.82. The van der Waals surface area contributed by atoms with Crippen LogP contribution in [0.25, 0.3) is 10.4 Å². The number of carbonyl (C=O) groups excluding carboxylic acids is 2. The van der Waals surface area contributed by atoms with Crippen LogP contribution < -0.4 is 0 Å². The van der Waals surface area contributed by atoms with Gasteiger partial charge in [0.25, 0.3) is 5.91 Å². The van der Waals surface area contributed by atoms with Crippen molar-refractivity contribution in [1.29, 1.82) is 5.26 Å². The molecule has 32 heavy (non-hydrogen) atoms. The average molecular weight is 452 g/mol. The van der Waals surface area contributed by atoms with Crippen LogP contribution in [0, 0.1) is 24.2 Å². The number of aryl methyl sites for hydroxylation is 1. The largest absolute Gasteiger partial charge is 0.378 e. The van der Waals surface area contributed by atoms with E-state index in [-0.39, 0.29) is 29.9 Å². The summed E-state index contributed by atoms with van der Waals surface area (Å²) in [6.45, 7) is 4.43. The number of ether oxygens (including phenoxy) is 1. The summed E-state index contributed by atoms with van der Waals surface area (Å²) in [4.78, 5) is 33.4. The third-order valence-electron chi connectivity index (χ3n) is 6.47. The van der Waals surface area contributed by atoms with Gasteiger partial charge in [-0.15, -0.1) is 11.3 Å². The molecular weight excluding hydrogens is 422 g/mol. The number of rotatable bonds is 6. The lowest BCUT2D eigenvalue weighted by Gasteiger charge is -2.30. The lowest BCUT2D eigenvalue weighted by molar-refractivity contribution is -0.124. The molecule has 2 fully saturated rings. The number of Topliss-reactive ketones (excluding diaryl/α,β-unsaturated/α-hetero) is 1. The molecule has 0 N–H and O–H groups in total. The van der Waals surface area contributed by atoms with E-state index in [1.165, 1.54) is 0 Å². The molecule has 1 aliphatic carbocycles. The number of nitrogens with zero attached hydrogens (tertiary/aromatic N) is 3. The Bertz CT molecular complexity index is 1000. The standard InChI is InChI=1S/C25H29N3O3S/c1-17-27-23(21-6-3-2-5-20(21)22(29)7-4-12-26)24(32-17)18-8-10-19(11-9-18)25(30)28-13-15-31-16-14-28/h8-11,20-21H,2-7,13-16H2,1H3/t20-,21-/m1/s1. The molecule has 2 heterocycles. The third-order valence-corrected chi connectivity index (χ3v) is 7.50. The van der Waals surface area contributed by atoms with E-state index in [1.54, 1.807) is 11.3 Å². The van der Waals surface area contributed by atoms with E-state index in [0.29, 0.717) is 38.3 Å². The maximum atomic E-state index is 12.8. The molecule has 1 aliphatic heterocycles. The predicted molar refractivity (Wildman–Crippen MR) is 124 cm³/mol. The molecule has 0 bridgehead atoms. The van der Waals surface area contributed by atoms with Crippen LogP contribution in [0.2, 0.25) is 0 Å². The summed E-state index contributed by atoms with van der Waals surface area (Å²) < 4.78 is 5.34. The fourth-order valence-corrected chi connectivity index (χ4v) is 5.82. The van der Waals surface area contributed by atoms with Gasteiger partial charge in [0.05, 0.1) is 34.9 Å². The highest BCUT2D eigenvalue weighted by Crippen LogP contribution is 2.44. The summed E-state index contributed by atoms with van der Waals surface area (Å²) in [6, 6.07) is 9.88. The lowest BCUT2D eigenvalue weighted by atomic mass is 9.74. The summed E-state index contributed by atoms with van der Waals surface area (Å²) in [7, 11) is 0. The van der Waals surface area contributed by atoms with Crippen molar-refractivity contribution in [3.05, 3.63) is 40.5 Å². The minimum absolute atomic E-state index is 0.0380. The second-order valence-corrected chi connectivity index (χ2v) is 9.75. The summed E-state index contributed by atoms with van der Waals surface area (Å²) in [5.41, 5.74) is 2.73. The number of thiazole rings is 1. The van der Waals surface area contributed by atoms with Gasteiger partial charge in [-0.25, -0.2) is 4.98 Å². The molecule has 1 aromatic heterocycles. The molecule has 7 heteroatoms. The monoisotopic (exact) mass is 451 g/mol. The van der Waals surface area contributed by atoms with E-state index in [1.807, 2.05) is 36.1 Å². The lowest BCUT2D eigenvalue weighted by Crippen LogP contribution is -2.40. The molecule has 4 rings (SSSR count). The number of carbonyl (C=O) groups is 2. The van der Waals surface area contributed by atoms with Gasteiger partial charge < -0.3 is 9.64 Å². The van der Waals surface area contributed by atoms with Crippen LogP contribution in [0.5, 0.6) is 0 Å². The Morgan fingerprint density at radius 3 is 2.62 bits per heavy atom. The predicted octanol–water partition coefficient (Wildman–Crippen LogP) is 4.74. The Kier molecular flexibility index (Phi) is 7.33. The summed E-state index contributed by atoms with van der Waals surface area (Å²) >= 11 is 1.65. The van der Waals surface area contributed by atoms with Gasteiger partial charge >= 0.3 is 0 Å². The molecule has 0 unspecified atom stereocenters. The topological polar surface area (TPSA) is 83.3 Å². The van der Waals surface area contributed by atoms with Crippen LogP contribution in [0.1, 0.15) is 65.5 Å². The first-order chi connectivity index (χ1) is 15.6. The average Bonchev–Trinajstić information content (AvgIpc) is 3.24. The molecule has 2 aliphatic rings. The molecule has 168 valence electrons. The first-order valence-corrected chi connectivity index (χ1v) is 12.2. The molecule has 0 spiro atoms. The quantitative estimate of drug-likeness (QED) is 0.634. The number of amides is 1. The highest BCUT2D eigenvalue weighted by molar-refractivity contribution is 7.15. The minimum atomic E-state index is -0.0560. The highest BCUT2D eigenvalue weighted by Gasteiger charge is 2.34. The molecule has 2 atom stereocenters. The highest BCUT2D eigenvalue weighted by atomic mass is 32.1. The smallest absolute Gasteiger partial charge is 0.254 e. The molecule has 1 saturated heterocycles. The number of morpholine rings is 1. The van der Waals surface area contributed by atoms with Crippen molar-refractivity contribution in [2.45, 2.75) is 51.4 Å². The van der Waals surface area contributed by atoms with Gasteiger partial charge in [0, 0.05) is 43.3 Å². The third kappa shape index (κ3) is 4.92. The van der Waals surface area contributed by atoms with Gasteiger partial charge in [0.1, 0.15) is 5.78 Å². The van der Waals surface area contributed by atoms with E-state index < -0.39 is 0 Å². The number of hydrogen-bond donors (Lipinski definition) is 0. The van der Waals surface area contributed by atoms with E-state index in [0.717, 1.165) is 46.8 Å². The summed E-state index contributed by atoms with van der Waals surface area (Å²) in [5.74, 6) is 0.277. The zero-order chi connectivity index (χ0) is 22.5. The SMILES string of the molecule is Cc1nc([C@@H]2CCCC[C@H]2C(=O)CCC#N)c(-c2ccc(C(=O)N3CCOCC3)cc2)s1. The van der Waals surface area contributed by atoms with Crippen LogP contribution in [0.4, 0.5) is 0 Å². The molecule has 1 aromatic carbocycles. The van der Waals surface area contributed by atoms with Crippen LogP contribution in [-0.4, -0.2) is 47.9 Å². The van der Waals surface area contributed by atoms with Crippen molar-refractivity contribution in [2.24, 2.45) is 5.92 Å². The number of aromatic nitrogens is 1. The number of hydrogen-bond acceptors (Lipinski definition) is 6. The zero-order valence-corrected chi connectivity index (χ0v) is 19.3. The van der Waals surface area contributed by atoms with E-state index in [2.05, 4.69) is 6.07 Å². The zero-order valence-electron chi connectivity index (χ0n) is 18.5. The first-order valence-electron chi connectivity index (χ1n) is 11.4. The Labute approximate surface area is 193 Å². The second-order valence-electron chi connectivity index (χ2n) is 8.55. The van der Waals surface area contributed by atoms with E-state index in [4.69, 9.17) is 15.0 Å².